The van der Waals surface area contributed by atoms with Gasteiger partial charge in [0.1, 0.15) is 16.2 Å². The van der Waals surface area contributed by atoms with Gasteiger partial charge >= 0.3 is 0 Å². The van der Waals surface area contributed by atoms with Crippen molar-refractivity contribution in [3.8, 4) is 0 Å². The van der Waals surface area contributed by atoms with Gasteiger partial charge in [-0.1, -0.05) is 40.5 Å². The molecule has 2 unspecified atom stereocenters. The summed E-state index contributed by atoms with van der Waals surface area (Å²) >= 11 is 3.47. The molecule has 0 bridgehead atoms. The summed E-state index contributed by atoms with van der Waals surface area (Å²) in [6.45, 7) is 8.70. The van der Waals surface area contributed by atoms with Crippen LogP contribution in [0.3, 0.4) is 0 Å². The Morgan fingerprint density at radius 2 is 2.14 bits per heavy atom. The molecule has 0 amide bonds. The third kappa shape index (κ3) is 4.16. The number of nitrogens with zero attached hydrogens (tertiary/aromatic N) is 2. The highest BCUT2D eigenvalue weighted by Gasteiger charge is 2.35. The topological polar surface area (TPSA) is 58.0 Å². The van der Waals surface area contributed by atoms with Crippen LogP contribution in [0.25, 0.3) is 0 Å². The van der Waals surface area contributed by atoms with Crippen LogP contribution in [0.4, 0.5) is 5.82 Å². The van der Waals surface area contributed by atoms with Crippen LogP contribution in [0.2, 0.25) is 0 Å². The summed E-state index contributed by atoms with van der Waals surface area (Å²) in [5.41, 5.74) is -0.354. The second kappa shape index (κ2) is 6.21. The molecular weight excluding hydrogens is 330 g/mol. The van der Waals surface area contributed by atoms with Crippen LogP contribution >= 0.6 is 15.9 Å². The normalized spacial score (nSPS) is 26.7. The van der Waals surface area contributed by atoms with Crippen LogP contribution in [0.5, 0.6) is 0 Å². The smallest absolute Gasteiger partial charge is 0.137 e. The molecule has 1 aromatic rings. The maximum absolute atomic E-state index is 9.90. The summed E-state index contributed by atoms with van der Waals surface area (Å²) in [6, 6.07) is 1.89. The Hall–Kier alpha value is -0.680. The van der Waals surface area contributed by atoms with Crippen molar-refractivity contribution in [2.24, 2.45) is 5.92 Å². The number of hydrogen-bond acceptors (Lipinski definition) is 4. The summed E-state index contributed by atoms with van der Waals surface area (Å²) in [5.74, 6) is 2.23. The van der Waals surface area contributed by atoms with Crippen molar-refractivity contribution in [2.45, 2.75) is 64.3 Å². The predicted molar refractivity (Wildman–Crippen MR) is 89.5 cm³/mol. The van der Waals surface area contributed by atoms with Gasteiger partial charge in [-0.3, -0.25) is 0 Å². The monoisotopic (exact) mass is 355 g/mol. The highest BCUT2D eigenvalue weighted by molar-refractivity contribution is 9.10. The second-order valence-electron chi connectivity index (χ2n) is 7.41. The van der Waals surface area contributed by atoms with Crippen molar-refractivity contribution in [3.05, 3.63) is 16.5 Å². The number of halogens is 1. The van der Waals surface area contributed by atoms with Gasteiger partial charge in [0, 0.05) is 11.5 Å². The Kier molecular flexibility index (Phi) is 4.93. The fraction of sp³-hybridized carbons (Fsp3) is 0.750. The molecule has 1 aromatic heterocycles. The first-order valence-electron chi connectivity index (χ1n) is 7.68. The van der Waals surface area contributed by atoms with Gasteiger partial charge in [0.05, 0.1) is 12.1 Å². The Balaban J connectivity index is 2.27. The van der Waals surface area contributed by atoms with E-state index in [1.165, 1.54) is 6.42 Å². The first kappa shape index (κ1) is 16.7. The van der Waals surface area contributed by atoms with E-state index in [1.54, 1.807) is 0 Å². The fourth-order valence-electron chi connectivity index (χ4n) is 3.05. The molecule has 1 fully saturated rings. The molecule has 2 atom stereocenters. The fourth-order valence-corrected chi connectivity index (χ4v) is 3.43. The van der Waals surface area contributed by atoms with Gasteiger partial charge in [-0.05, 0) is 34.7 Å². The molecule has 2 rings (SSSR count). The summed E-state index contributed by atoms with van der Waals surface area (Å²) in [5, 5.41) is 13.4. The first-order valence-corrected chi connectivity index (χ1v) is 8.47. The lowest BCUT2D eigenvalue weighted by Gasteiger charge is -2.40. The lowest BCUT2D eigenvalue weighted by molar-refractivity contribution is 0.149. The zero-order valence-electron chi connectivity index (χ0n) is 13.4. The molecule has 1 saturated carbocycles. The largest absolute Gasteiger partial charge is 0.394 e. The van der Waals surface area contributed by atoms with Crippen molar-refractivity contribution in [1.29, 1.82) is 0 Å². The average Bonchev–Trinajstić information content (AvgIpc) is 2.37. The summed E-state index contributed by atoms with van der Waals surface area (Å²) < 4.78 is 0.780. The molecule has 4 nitrogen and oxygen atoms in total. The molecule has 5 heteroatoms. The van der Waals surface area contributed by atoms with Gasteiger partial charge in [-0.25, -0.2) is 9.97 Å². The molecule has 1 heterocycles. The number of aliphatic hydroxyl groups excluding tert-OH is 1. The molecule has 0 aliphatic heterocycles. The lowest BCUT2D eigenvalue weighted by atomic mass is 9.77. The zero-order chi connectivity index (χ0) is 15.7. The van der Waals surface area contributed by atoms with Gasteiger partial charge in [0.25, 0.3) is 0 Å². The Morgan fingerprint density at radius 3 is 2.71 bits per heavy atom. The highest BCUT2D eigenvalue weighted by atomic mass is 79.9. The van der Waals surface area contributed by atoms with Gasteiger partial charge in [-0.15, -0.1) is 0 Å². The minimum Gasteiger partial charge on any atom is -0.394 e. The molecule has 118 valence electrons. The SMILES string of the molecule is CC1CCCC(CO)(Nc2cc(Br)nc(C(C)(C)C)n2)C1. The van der Waals surface area contributed by atoms with Crippen molar-refractivity contribution in [2.75, 3.05) is 11.9 Å². The Bertz CT molecular complexity index is 501. The average molecular weight is 356 g/mol. The number of hydrogen-bond donors (Lipinski definition) is 2. The predicted octanol–water partition coefficient (Wildman–Crippen LogP) is 3.89. The molecule has 21 heavy (non-hydrogen) atoms. The Morgan fingerprint density at radius 1 is 1.43 bits per heavy atom. The van der Waals surface area contributed by atoms with Crippen LogP contribution in [-0.4, -0.2) is 27.2 Å². The first-order chi connectivity index (χ1) is 9.74. The molecule has 1 aliphatic carbocycles. The van der Waals surface area contributed by atoms with E-state index in [0.29, 0.717) is 5.92 Å². The van der Waals surface area contributed by atoms with E-state index in [1.807, 2.05) is 6.07 Å². The van der Waals surface area contributed by atoms with E-state index in [-0.39, 0.29) is 17.6 Å². The number of aromatic nitrogens is 2. The van der Waals surface area contributed by atoms with Gasteiger partial charge in [0.15, 0.2) is 0 Å². The quantitative estimate of drug-likeness (QED) is 0.807. The van der Waals surface area contributed by atoms with Crippen LogP contribution in [-0.2, 0) is 5.41 Å². The molecule has 2 N–H and O–H groups in total. The second-order valence-corrected chi connectivity index (χ2v) is 8.23. The highest BCUT2D eigenvalue weighted by Crippen LogP contribution is 2.35. The lowest BCUT2D eigenvalue weighted by Crippen LogP contribution is -2.46. The number of rotatable bonds is 3. The molecular formula is C16H26BrN3O. The van der Waals surface area contributed by atoms with Crippen molar-refractivity contribution < 1.29 is 5.11 Å². The van der Waals surface area contributed by atoms with Crippen LogP contribution in [0.15, 0.2) is 10.7 Å². The molecule has 1 aliphatic rings. The standard InChI is InChI=1S/C16H26BrN3O/c1-11-6-5-7-16(9-11,10-21)20-13-8-12(17)18-14(19-13)15(2,3)4/h8,11,21H,5-7,9-10H2,1-4H3,(H,18,19,20). The third-order valence-corrected chi connectivity index (χ3v) is 4.56. The third-order valence-electron chi connectivity index (χ3n) is 4.15. The maximum atomic E-state index is 9.90. The van der Waals surface area contributed by atoms with Crippen LogP contribution in [0.1, 0.15) is 59.2 Å². The number of aliphatic hydroxyl groups is 1. The van der Waals surface area contributed by atoms with E-state index in [9.17, 15) is 5.11 Å². The molecule has 0 aromatic carbocycles. The summed E-state index contributed by atoms with van der Waals surface area (Å²) in [4.78, 5) is 9.12. The van der Waals surface area contributed by atoms with E-state index >= 15 is 0 Å². The van der Waals surface area contributed by atoms with E-state index < -0.39 is 0 Å². The van der Waals surface area contributed by atoms with Crippen molar-refractivity contribution >= 4 is 21.7 Å². The van der Waals surface area contributed by atoms with E-state index in [4.69, 9.17) is 0 Å². The number of nitrogens with one attached hydrogen (secondary N) is 1. The van der Waals surface area contributed by atoms with Gasteiger partial charge in [0.2, 0.25) is 0 Å². The Labute approximate surface area is 135 Å². The van der Waals surface area contributed by atoms with Crippen LogP contribution in [0, 0.1) is 5.92 Å². The van der Waals surface area contributed by atoms with Crippen molar-refractivity contribution in [3.63, 3.8) is 0 Å². The summed E-state index contributed by atoms with van der Waals surface area (Å²) in [7, 11) is 0. The molecule has 0 saturated heterocycles. The van der Waals surface area contributed by atoms with Gasteiger partial charge < -0.3 is 10.4 Å². The maximum Gasteiger partial charge on any atom is 0.137 e. The van der Waals surface area contributed by atoms with Crippen molar-refractivity contribution in [1.82, 2.24) is 9.97 Å². The molecule has 0 spiro atoms. The number of anilines is 1. The van der Waals surface area contributed by atoms with E-state index in [0.717, 1.165) is 35.5 Å². The summed E-state index contributed by atoms with van der Waals surface area (Å²) in [6.07, 6.45) is 4.35. The minimum atomic E-state index is -0.249. The van der Waals surface area contributed by atoms with E-state index in [2.05, 4.69) is 58.9 Å². The van der Waals surface area contributed by atoms with Gasteiger partial charge in [-0.2, -0.15) is 0 Å². The van der Waals surface area contributed by atoms with Crippen LogP contribution < -0.4 is 5.32 Å². The molecule has 0 radical (unpaired) electrons. The zero-order valence-corrected chi connectivity index (χ0v) is 15.0. The minimum absolute atomic E-state index is 0.105.